The van der Waals surface area contributed by atoms with Crippen LogP contribution in [0.2, 0.25) is 0 Å². The molecule has 1 unspecified atom stereocenters. The third kappa shape index (κ3) is 3.57. The molecule has 1 fully saturated rings. The van der Waals surface area contributed by atoms with Crippen molar-refractivity contribution in [3.05, 3.63) is 54.1 Å². The second kappa shape index (κ2) is 7.98. The van der Waals surface area contributed by atoms with E-state index in [4.69, 9.17) is 4.74 Å². The van der Waals surface area contributed by atoms with Crippen LogP contribution in [0.25, 0.3) is 11.3 Å². The van der Waals surface area contributed by atoms with Crippen molar-refractivity contribution in [3.8, 4) is 17.0 Å². The first kappa shape index (κ1) is 18.4. The van der Waals surface area contributed by atoms with Crippen LogP contribution in [0.5, 0.6) is 5.75 Å². The van der Waals surface area contributed by atoms with E-state index in [0.29, 0.717) is 6.04 Å². The summed E-state index contributed by atoms with van der Waals surface area (Å²) in [6.45, 7) is 8.12. The maximum absolute atomic E-state index is 5.27. The Morgan fingerprint density at radius 3 is 2.39 bits per heavy atom. The molecular formula is C21H26N6O. The molecule has 3 heterocycles. The van der Waals surface area contributed by atoms with Gasteiger partial charge in [0.2, 0.25) is 0 Å². The second-order valence-corrected chi connectivity index (χ2v) is 7.11. The highest BCUT2D eigenvalue weighted by molar-refractivity contribution is 5.72. The van der Waals surface area contributed by atoms with Gasteiger partial charge in [-0.1, -0.05) is 0 Å². The van der Waals surface area contributed by atoms with Gasteiger partial charge in [0.25, 0.3) is 0 Å². The van der Waals surface area contributed by atoms with Gasteiger partial charge in [-0.15, -0.1) is 0 Å². The Labute approximate surface area is 165 Å². The number of ether oxygens (including phenoxy) is 1. The minimum absolute atomic E-state index is 0.351. The smallest absolute Gasteiger partial charge is 0.155 e. The Balaban J connectivity index is 1.50. The molecule has 1 N–H and O–H groups in total. The van der Waals surface area contributed by atoms with Crippen LogP contribution in [0, 0.1) is 6.92 Å². The van der Waals surface area contributed by atoms with Gasteiger partial charge in [-0.3, -0.25) is 15.0 Å². The zero-order chi connectivity index (χ0) is 19.5. The summed E-state index contributed by atoms with van der Waals surface area (Å²) in [5, 5.41) is 7.21. The average Bonchev–Trinajstić information content (AvgIpc) is 3.19. The normalized spacial score (nSPS) is 16.2. The number of hydrogen-bond acceptors (Lipinski definition) is 6. The SMILES string of the molecule is COc1ccc(-c2nccnc2N2CCN(C(C)c3cn[nH]c3C)CC2)cc1. The lowest BCUT2D eigenvalue weighted by Crippen LogP contribution is -2.47. The summed E-state index contributed by atoms with van der Waals surface area (Å²) in [6.07, 6.45) is 5.46. The number of hydrogen-bond donors (Lipinski definition) is 1. The molecule has 7 heteroatoms. The van der Waals surface area contributed by atoms with E-state index in [2.05, 4.69) is 43.8 Å². The molecule has 0 bridgehead atoms. The monoisotopic (exact) mass is 378 g/mol. The third-order valence-corrected chi connectivity index (χ3v) is 5.52. The first-order valence-electron chi connectivity index (χ1n) is 9.61. The maximum atomic E-state index is 5.27. The molecule has 2 aromatic heterocycles. The minimum atomic E-state index is 0.351. The zero-order valence-corrected chi connectivity index (χ0v) is 16.6. The summed E-state index contributed by atoms with van der Waals surface area (Å²) in [5.41, 5.74) is 4.38. The van der Waals surface area contributed by atoms with Crippen molar-refractivity contribution in [1.82, 2.24) is 25.1 Å². The molecule has 146 valence electrons. The Morgan fingerprint density at radius 1 is 1.04 bits per heavy atom. The molecule has 0 amide bonds. The number of aryl methyl sites for hydroxylation is 1. The Hall–Kier alpha value is -2.93. The number of benzene rings is 1. The van der Waals surface area contributed by atoms with Gasteiger partial charge in [-0.05, 0) is 38.1 Å². The molecule has 1 aliphatic heterocycles. The lowest BCUT2D eigenvalue weighted by atomic mass is 10.1. The van der Waals surface area contributed by atoms with E-state index >= 15 is 0 Å². The fourth-order valence-electron chi connectivity index (χ4n) is 3.81. The number of aromatic nitrogens is 4. The molecule has 0 aliphatic carbocycles. The van der Waals surface area contributed by atoms with Crippen LogP contribution in [-0.2, 0) is 0 Å². The van der Waals surface area contributed by atoms with E-state index in [1.807, 2.05) is 30.5 Å². The lowest BCUT2D eigenvalue weighted by molar-refractivity contribution is 0.198. The van der Waals surface area contributed by atoms with E-state index in [0.717, 1.165) is 54.7 Å². The summed E-state index contributed by atoms with van der Waals surface area (Å²) in [4.78, 5) is 14.1. The summed E-state index contributed by atoms with van der Waals surface area (Å²) in [6, 6.07) is 8.34. The second-order valence-electron chi connectivity index (χ2n) is 7.11. The van der Waals surface area contributed by atoms with Crippen molar-refractivity contribution < 1.29 is 4.74 Å². The number of nitrogens with one attached hydrogen (secondary N) is 1. The van der Waals surface area contributed by atoms with Crippen LogP contribution >= 0.6 is 0 Å². The topological polar surface area (TPSA) is 70.2 Å². The molecule has 28 heavy (non-hydrogen) atoms. The summed E-state index contributed by atoms with van der Waals surface area (Å²) < 4.78 is 5.27. The van der Waals surface area contributed by atoms with Crippen LogP contribution in [0.4, 0.5) is 5.82 Å². The fraction of sp³-hybridized carbons (Fsp3) is 0.381. The number of rotatable bonds is 5. The van der Waals surface area contributed by atoms with Gasteiger partial charge < -0.3 is 9.64 Å². The molecule has 3 aromatic rings. The summed E-state index contributed by atoms with van der Waals surface area (Å²) >= 11 is 0. The molecule has 1 atom stereocenters. The van der Waals surface area contributed by atoms with Crippen molar-refractivity contribution in [2.24, 2.45) is 0 Å². The van der Waals surface area contributed by atoms with Gasteiger partial charge in [-0.2, -0.15) is 5.10 Å². The largest absolute Gasteiger partial charge is 0.497 e. The molecule has 1 aromatic carbocycles. The highest BCUT2D eigenvalue weighted by Crippen LogP contribution is 2.30. The minimum Gasteiger partial charge on any atom is -0.497 e. The Morgan fingerprint density at radius 2 is 1.75 bits per heavy atom. The highest BCUT2D eigenvalue weighted by atomic mass is 16.5. The molecule has 1 saturated heterocycles. The summed E-state index contributed by atoms with van der Waals surface area (Å²) in [7, 11) is 1.67. The number of piperazine rings is 1. The van der Waals surface area contributed by atoms with E-state index in [1.165, 1.54) is 5.56 Å². The molecule has 7 nitrogen and oxygen atoms in total. The lowest BCUT2D eigenvalue weighted by Gasteiger charge is -2.38. The van der Waals surface area contributed by atoms with Crippen LogP contribution in [0.1, 0.15) is 24.2 Å². The molecule has 4 rings (SSSR count). The van der Waals surface area contributed by atoms with Crippen LogP contribution in [-0.4, -0.2) is 58.4 Å². The van der Waals surface area contributed by atoms with Crippen molar-refractivity contribution in [2.75, 3.05) is 38.2 Å². The highest BCUT2D eigenvalue weighted by Gasteiger charge is 2.26. The Kier molecular flexibility index (Phi) is 5.25. The fourth-order valence-corrected chi connectivity index (χ4v) is 3.81. The standard InChI is InChI=1S/C21H26N6O/c1-15-19(14-24-25-15)16(2)26-10-12-27(13-11-26)21-20(22-8-9-23-21)17-4-6-18(28-3)7-5-17/h4-9,14,16H,10-13H2,1-3H3,(H,24,25). The predicted octanol–water partition coefficient (Wildman–Crippen LogP) is 3.07. The van der Waals surface area contributed by atoms with Crippen LogP contribution in [0.3, 0.4) is 0 Å². The average molecular weight is 378 g/mol. The summed E-state index contributed by atoms with van der Waals surface area (Å²) in [5.74, 6) is 1.78. The van der Waals surface area contributed by atoms with E-state index in [-0.39, 0.29) is 0 Å². The van der Waals surface area contributed by atoms with E-state index in [9.17, 15) is 0 Å². The predicted molar refractivity (Wildman–Crippen MR) is 110 cm³/mol. The van der Waals surface area contributed by atoms with Gasteiger partial charge in [0.15, 0.2) is 5.82 Å². The van der Waals surface area contributed by atoms with E-state index in [1.54, 1.807) is 19.5 Å². The number of methoxy groups -OCH3 is 1. The zero-order valence-electron chi connectivity index (χ0n) is 16.6. The van der Waals surface area contributed by atoms with Crippen molar-refractivity contribution in [1.29, 1.82) is 0 Å². The number of anilines is 1. The van der Waals surface area contributed by atoms with Crippen LogP contribution in [0.15, 0.2) is 42.9 Å². The maximum Gasteiger partial charge on any atom is 0.155 e. The molecule has 0 saturated carbocycles. The van der Waals surface area contributed by atoms with Gasteiger partial charge in [0, 0.05) is 61.4 Å². The number of H-pyrrole nitrogens is 1. The van der Waals surface area contributed by atoms with Gasteiger partial charge >= 0.3 is 0 Å². The van der Waals surface area contributed by atoms with Crippen molar-refractivity contribution in [2.45, 2.75) is 19.9 Å². The number of aromatic amines is 1. The molecule has 0 radical (unpaired) electrons. The van der Waals surface area contributed by atoms with Crippen molar-refractivity contribution in [3.63, 3.8) is 0 Å². The quantitative estimate of drug-likeness (QED) is 0.736. The third-order valence-electron chi connectivity index (χ3n) is 5.52. The number of nitrogens with zero attached hydrogens (tertiary/aromatic N) is 5. The molecular weight excluding hydrogens is 352 g/mol. The van der Waals surface area contributed by atoms with Gasteiger partial charge in [0.05, 0.1) is 13.3 Å². The first-order chi connectivity index (χ1) is 13.7. The van der Waals surface area contributed by atoms with Crippen molar-refractivity contribution >= 4 is 5.82 Å². The molecule has 0 spiro atoms. The van der Waals surface area contributed by atoms with Gasteiger partial charge in [0.1, 0.15) is 11.4 Å². The van der Waals surface area contributed by atoms with E-state index < -0.39 is 0 Å². The first-order valence-corrected chi connectivity index (χ1v) is 9.61. The van der Waals surface area contributed by atoms with Crippen LogP contribution < -0.4 is 9.64 Å². The van der Waals surface area contributed by atoms with Gasteiger partial charge in [-0.25, -0.2) is 4.98 Å². The Bertz CT molecular complexity index is 915. The molecule has 1 aliphatic rings.